The summed E-state index contributed by atoms with van der Waals surface area (Å²) in [5.41, 5.74) is 2.30. The van der Waals surface area contributed by atoms with Crippen LogP contribution in [-0.2, 0) is 6.42 Å². The van der Waals surface area contributed by atoms with Gasteiger partial charge in [0.1, 0.15) is 12.1 Å². The molecule has 1 aromatic carbocycles. The lowest BCUT2D eigenvalue weighted by molar-refractivity contribution is 0.0962. The molecule has 5 nitrogen and oxygen atoms in total. The third-order valence-electron chi connectivity index (χ3n) is 3.86. The zero-order chi connectivity index (χ0) is 14.4. The molecule has 1 aliphatic carbocycles. The van der Waals surface area contributed by atoms with Crippen LogP contribution in [0.5, 0.6) is 0 Å². The van der Waals surface area contributed by atoms with E-state index < -0.39 is 0 Å². The molecule has 0 aliphatic heterocycles. The maximum atomic E-state index is 13.0. The number of ketones is 1. The fraction of sp³-hybridized carbons (Fsp3) is 0.200. The number of Topliss-reactive ketones (excluding diaryl/α,β-unsaturated/α-hetero) is 1. The fourth-order valence-electron chi connectivity index (χ4n) is 2.79. The molecule has 0 saturated heterocycles. The van der Waals surface area contributed by atoms with Crippen molar-refractivity contribution in [2.75, 3.05) is 0 Å². The first-order chi connectivity index (χ1) is 10.2. The predicted molar refractivity (Wildman–Crippen MR) is 72.6 cm³/mol. The molecule has 0 spiro atoms. The van der Waals surface area contributed by atoms with Crippen LogP contribution in [0.25, 0.3) is 5.78 Å². The van der Waals surface area contributed by atoms with Gasteiger partial charge < -0.3 is 0 Å². The van der Waals surface area contributed by atoms with Crippen LogP contribution in [0.15, 0.2) is 36.8 Å². The molecule has 3 aromatic rings. The molecule has 0 unspecified atom stereocenters. The van der Waals surface area contributed by atoms with Crippen LogP contribution in [-0.4, -0.2) is 25.4 Å². The lowest BCUT2D eigenvalue weighted by Crippen LogP contribution is -2.21. The SMILES string of the molecule is O=C1C[C@H](c2ccc(F)cc2)Cc2nc3ncnn3cc21. The van der Waals surface area contributed by atoms with Gasteiger partial charge in [-0.05, 0) is 30.0 Å². The fourth-order valence-corrected chi connectivity index (χ4v) is 2.79. The molecule has 21 heavy (non-hydrogen) atoms. The maximum Gasteiger partial charge on any atom is 0.252 e. The third kappa shape index (κ3) is 1.99. The second kappa shape index (κ2) is 4.44. The van der Waals surface area contributed by atoms with Gasteiger partial charge in [-0.2, -0.15) is 10.1 Å². The molecule has 0 fully saturated rings. The predicted octanol–water partition coefficient (Wildman–Crippen LogP) is 2.18. The molecular formula is C15H11FN4O. The Kier molecular flexibility index (Phi) is 2.57. The van der Waals surface area contributed by atoms with E-state index >= 15 is 0 Å². The summed E-state index contributed by atoms with van der Waals surface area (Å²) in [7, 11) is 0. The molecule has 4 rings (SSSR count). The standard InChI is InChI=1S/C15H11FN4O/c16-11-3-1-9(2-4-11)10-5-13-12(14(21)6-10)7-20-15(19-13)17-8-18-20/h1-4,7-8,10H,5-6H2/t10-/m1/s1. The van der Waals surface area contributed by atoms with E-state index in [2.05, 4.69) is 15.1 Å². The Bertz CT molecular complexity index is 841. The Morgan fingerprint density at radius 3 is 2.81 bits per heavy atom. The van der Waals surface area contributed by atoms with E-state index in [1.165, 1.54) is 23.0 Å². The lowest BCUT2D eigenvalue weighted by atomic mass is 9.82. The molecule has 0 amide bonds. The second-order valence-electron chi connectivity index (χ2n) is 5.19. The Balaban J connectivity index is 1.76. The van der Waals surface area contributed by atoms with Gasteiger partial charge in [-0.3, -0.25) is 4.79 Å². The Hall–Kier alpha value is -2.63. The number of nitrogens with zero attached hydrogens (tertiary/aromatic N) is 4. The number of hydrogen-bond donors (Lipinski definition) is 0. The average Bonchev–Trinajstić information content (AvgIpc) is 2.93. The molecule has 2 heterocycles. The normalized spacial score (nSPS) is 18.0. The van der Waals surface area contributed by atoms with Crippen molar-refractivity contribution in [3.8, 4) is 0 Å². The highest BCUT2D eigenvalue weighted by Crippen LogP contribution is 2.31. The summed E-state index contributed by atoms with van der Waals surface area (Å²) in [5, 5.41) is 4.00. The van der Waals surface area contributed by atoms with Crippen molar-refractivity contribution in [1.82, 2.24) is 19.6 Å². The Morgan fingerprint density at radius 1 is 1.19 bits per heavy atom. The van der Waals surface area contributed by atoms with E-state index in [1.807, 2.05) is 0 Å². The van der Waals surface area contributed by atoms with Gasteiger partial charge in [-0.1, -0.05) is 12.1 Å². The van der Waals surface area contributed by atoms with Crippen molar-refractivity contribution in [1.29, 1.82) is 0 Å². The summed E-state index contributed by atoms with van der Waals surface area (Å²) in [6, 6.07) is 6.30. The highest BCUT2D eigenvalue weighted by atomic mass is 19.1. The van der Waals surface area contributed by atoms with Crippen molar-refractivity contribution >= 4 is 11.6 Å². The summed E-state index contributed by atoms with van der Waals surface area (Å²) in [5.74, 6) is 0.282. The first kappa shape index (κ1) is 12.1. The van der Waals surface area contributed by atoms with E-state index in [0.717, 1.165) is 11.3 Å². The minimum absolute atomic E-state index is 0.0310. The number of carbonyl (C=O) groups is 1. The summed E-state index contributed by atoms with van der Waals surface area (Å²) in [6.45, 7) is 0. The lowest BCUT2D eigenvalue weighted by Gasteiger charge is -2.23. The highest BCUT2D eigenvalue weighted by Gasteiger charge is 2.28. The smallest absolute Gasteiger partial charge is 0.252 e. The van der Waals surface area contributed by atoms with E-state index in [0.29, 0.717) is 24.2 Å². The van der Waals surface area contributed by atoms with Gasteiger partial charge in [0.15, 0.2) is 5.78 Å². The minimum Gasteiger partial charge on any atom is -0.294 e. The maximum absolute atomic E-state index is 13.0. The van der Waals surface area contributed by atoms with Crippen LogP contribution in [0, 0.1) is 5.82 Å². The number of carbonyl (C=O) groups excluding carboxylic acids is 1. The van der Waals surface area contributed by atoms with Crippen molar-refractivity contribution < 1.29 is 9.18 Å². The Morgan fingerprint density at radius 2 is 2.00 bits per heavy atom. The topological polar surface area (TPSA) is 60.2 Å². The number of benzene rings is 1. The number of halogens is 1. The molecule has 104 valence electrons. The largest absolute Gasteiger partial charge is 0.294 e. The number of aromatic nitrogens is 4. The summed E-state index contributed by atoms with van der Waals surface area (Å²) in [6.07, 6.45) is 4.15. The second-order valence-corrected chi connectivity index (χ2v) is 5.19. The van der Waals surface area contributed by atoms with Gasteiger partial charge in [0.05, 0.1) is 11.3 Å². The number of fused-ring (bicyclic) bond motifs is 2. The van der Waals surface area contributed by atoms with E-state index in [9.17, 15) is 9.18 Å². The first-order valence-corrected chi connectivity index (χ1v) is 6.68. The van der Waals surface area contributed by atoms with Crippen LogP contribution in [0.4, 0.5) is 4.39 Å². The molecule has 0 radical (unpaired) electrons. The van der Waals surface area contributed by atoms with Gasteiger partial charge in [0, 0.05) is 12.6 Å². The average molecular weight is 282 g/mol. The molecule has 6 heteroatoms. The minimum atomic E-state index is -0.274. The van der Waals surface area contributed by atoms with Crippen LogP contribution >= 0.6 is 0 Å². The first-order valence-electron chi connectivity index (χ1n) is 6.68. The van der Waals surface area contributed by atoms with E-state index in [-0.39, 0.29) is 17.5 Å². The zero-order valence-electron chi connectivity index (χ0n) is 11.0. The van der Waals surface area contributed by atoms with Crippen molar-refractivity contribution in [3.63, 3.8) is 0 Å². The molecule has 2 aromatic heterocycles. The number of rotatable bonds is 1. The zero-order valence-corrected chi connectivity index (χ0v) is 11.0. The quantitative estimate of drug-likeness (QED) is 0.686. The third-order valence-corrected chi connectivity index (χ3v) is 3.86. The van der Waals surface area contributed by atoms with E-state index in [4.69, 9.17) is 0 Å². The molecular weight excluding hydrogens is 271 g/mol. The molecule has 0 bridgehead atoms. The Labute approximate surface area is 119 Å². The van der Waals surface area contributed by atoms with Crippen LogP contribution in [0.2, 0.25) is 0 Å². The monoisotopic (exact) mass is 282 g/mol. The summed E-state index contributed by atoms with van der Waals surface area (Å²) >= 11 is 0. The van der Waals surface area contributed by atoms with Gasteiger partial charge in [-0.25, -0.2) is 13.9 Å². The molecule has 1 aliphatic rings. The van der Waals surface area contributed by atoms with Crippen molar-refractivity contribution in [3.05, 3.63) is 59.4 Å². The van der Waals surface area contributed by atoms with Gasteiger partial charge in [0.25, 0.3) is 5.78 Å². The summed E-state index contributed by atoms with van der Waals surface area (Å²) in [4.78, 5) is 20.8. The van der Waals surface area contributed by atoms with Crippen molar-refractivity contribution in [2.24, 2.45) is 0 Å². The molecule has 0 saturated carbocycles. The van der Waals surface area contributed by atoms with Crippen LogP contribution < -0.4 is 0 Å². The molecule has 1 atom stereocenters. The van der Waals surface area contributed by atoms with Crippen molar-refractivity contribution in [2.45, 2.75) is 18.8 Å². The van der Waals surface area contributed by atoms with Crippen LogP contribution in [0.3, 0.4) is 0 Å². The van der Waals surface area contributed by atoms with Gasteiger partial charge >= 0.3 is 0 Å². The summed E-state index contributed by atoms with van der Waals surface area (Å²) < 4.78 is 14.5. The molecule has 0 N–H and O–H groups in total. The highest BCUT2D eigenvalue weighted by molar-refractivity contribution is 5.98. The number of hydrogen-bond acceptors (Lipinski definition) is 4. The van der Waals surface area contributed by atoms with Gasteiger partial charge in [-0.15, -0.1) is 0 Å². The van der Waals surface area contributed by atoms with Gasteiger partial charge in [0.2, 0.25) is 0 Å². The van der Waals surface area contributed by atoms with E-state index in [1.54, 1.807) is 18.3 Å². The van der Waals surface area contributed by atoms with Crippen LogP contribution in [0.1, 0.15) is 34.0 Å².